The molecule has 0 N–H and O–H groups in total. The highest BCUT2D eigenvalue weighted by molar-refractivity contribution is 5.94. The van der Waals surface area contributed by atoms with E-state index in [1.807, 2.05) is 48.5 Å². The number of morpholine rings is 1. The predicted octanol–water partition coefficient (Wildman–Crippen LogP) is 4.03. The van der Waals surface area contributed by atoms with Crippen LogP contribution >= 0.6 is 0 Å². The third kappa shape index (κ3) is 4.10. The quantitative estimate of drug-likeness (QED) is 0.691. The van der Waals surface area contributed by atoms with Crippen molar-refractivity contribution in [1.82, 2.24) is 9.88 Å². The number of hydrogen-bond donors (Lipinski definition) is 0. The van der Waals surface area contributed by atoms with Crippen LogP contribution < -0.4 is 0 Å². The Bertz CT molecular complexity index is 944. The summed E-state index contributed by atoms with van der Waals surface area (Å²) in [5.74, 6) is -0.206. The summed E-state index contributed by atoms with van der Waals surface area (Å²) in [6.45, 7) is 1.50. The minimum Gasteiger partial charge on any atom is -0.368 e. The highest BCUT2D eigenvalue weighted by Crippen LogP contribution is 2.23. The molecule has 4 nitrogen and oxygen atoms in total. The molecular formula is C23H21FN2O2. The van der Waals surface area contributed by atoms with Crippen LogP contribution in [0.1, 0.15) is 33.3 Å². The predicted molar refractivity (Wildman–Crippen MR) is 104 cm³/mol. The summed E-state index contributed by atoms with van der Waals surface area (Å²) in [6.07, 6.45) is 1.98. The fourth-order valence-electron chi connectivity index (χ4n) is 3.37. The molecule has 2 aromatic carbocycles. The normalized spacial score (nSPS) is 16.8. The van der Waals surface area contributed by atoms with Crippen LogP contribution in [0.3, 0.4) is 0 Å². The highest BCUT2D eigenvalue weighted by Gasteiger charge is 2.26. The lowest BCUT2D eigenvalue weighted by Gasteiger charge is -2.32. The van der Waals surface area contributed by atoms with E-state index in [4.69, 9.17) is 4.74 Å². The molecule has 1 aromatic heterocycles. The molecule has 1 amide bonds. The van der Waals surface area contributed by atoms with E-state index in [0.29, 0.717) is 37.2 Å². The van der Waals surface area contributed by atoms with Gasteiger partial charge >= 0.3 is 0 Å². The Balaban J connectivity index is 1.44. The fourth-order valence-corrected chi connectivity index (χ4v) is 3.37. The Morgan fingerprint density at radius 2 is 1.86 bits per heavy atom. The van der Waals surface area contributed by atoms with E-state index in [1.54, 1.807) is 23.2 Å². The standard InChI is InChI=1S/C23H21FN2O2/c24-20-9-5-4-8-19(20)14-17-10-11-21(25-15-17)22-16-26(12-13-28-22)23(27)18-6-2-1-3-7-18/h1-11,15,22H,12-14,16H2/t22-/m0/s1. The average molecular weight is 376 g/mol. The van der Waals surface area contributed by atoms with Crippen molar-refractivity contribution in [2.45, 2.75) is 12.5 Å². The molecule has 3 aromatic rings. The number of rotatable bonds is 4. The summed E-state index contributed by atoms with van der Waals surface area (Å²) >= 11 is 0. The van der Waals surface area contributed by atoms with Gasteiger partial charge < -0.3 is 9.64 Å². The monoisotopic (exact) mass is 376 g/mol. The van der Waals surface area contributed by atoms with E-state index in [1.165, 1.54) is 6.07 Å². The SMILES string of the molecule is O=C(c1ccccc1)N1CCO[C@H](c2ccc(Cc3ccccc3F)cn2)C1. The van der Waals surface area contributed by atoms with Crippen molar-refractivity contribution >= 4 is 5.91 Å². The van der Waals surface area contributed by atoms with E-state index >= 15 is 0 Å². The maximum atomic E-state index is 13.8. The van der Waals surface area contributed by atoms with Crippen molar-refractivity contribution < 1.29 is 13.9 Å². The molecule has 0 aliphatic carbocycles. The summed E-state index contributed by atoms with van der Waals surface area (Å²) in [6, 6.07) is 19.9. The lowest BCUT2D eigenvalue weighted by atomic mass is 10.0. The molecule has 4 rings (SSSR count). The number of hydrogen-bond acceptors (Lipinski definition) is 3. The van der Waals surface area contributed by atoms with Gasteiger partial charge in [-0.3, -0.25) is 9.78 Å². The molecular weight excluding hydrogens is 355 g/mol. The van der Waals surface area contributed by atoms with Crippen LogP contribution in [-0.2, 0) is 11.2 Å². The van der Waals surface area contributed by atoms with Crippen LogP contribution in [0, 0.1) is 5.82 Å². The summed E-state index contributed by atoms with van der Waals surface area (Å²) < 4.78 is 19.7. The number of amides is 1. The summed E-state index contributed by atoms with van der Waals surface area (Å²) in [5, 5.41) is 0. The summed E-state index contributed by atoms with van der Waals surface area (Å²) in [7, 11) is 0. The Hall–Kier alpha value is -3.05. The molecule has 1 atom stereocenters. The third-order valence-corrected chi connectivity index (χ3v) is 4.90. The second kappa shape index (κ2) is 8.31. The molecule has 1 aliphatic heterocycles. The van der Waals surface area contributed by atoms with Crippen LogP contribution in [0.25, 0.3) is 0 Å². The lowest BCUT2D eigenvalue weighted by Crippen LogP contribution is -2.42. The Morgan fingerprint density at radius 1 is 1.07 bits per heavy atom. The van der Waals surface area contributed by atoms with Crippen LogP contribution in [0.2, 0.25) is 0 Å². The first kappa shape index (κ1) is 18.3. The number of carbonyl (C=O) groups is 1. The fraction of sp³-hybridized carbons (Fsp3) is 0.217. The van der Waals surface area contributed by atoms with Crippen molar-refractivity contribution in [3.63, 3.8) is 0 Å². The van der Waals surface area contributed by atoms with Gasteiger partial charge in [-0.2, -0.15) is 0 Å². The Morgan fingerprint density at radius 3 is 2.61 bits per heavy atom. The van der Waals surface area contributed by atoms with Crippen LogP contribution in [-0.4, -0.2) is 35.5 Å². The van der Waals surface area contributed by atoms with Gasteiger partial charge in [0.05, 0.1) is 18.8 Å². The largest absolute Gasteiger partial charge is 0.368 e. The second-order valence-corrected chi connectivity index (χ2v) is 6.84. The van der Waals surface area contributed by atoms with Gasteiger partial charge in [0, 0.05) is 24.7 Å². The molecule has 28 heavy (non-hydrogen) atoms. The number of carbonyl (C=O) groups excluding carboxylic acids is 1. The van der Waals surface area contributed by atoms with E-state index in [-0.39, 0.29) is 17.8 Å². The average Bonchev–Trinajstić information content (AvgIpc) is 2.76. The van der Waals surface area contributed by atoms with Gasteiger partial charge in [0.15, 0.2) is 0 Å². The number of pyridine rings is 1. The smallest absolute Gasteiger partial charge is 0.254 e. The molecule has 1 saturated heterocycles. The van der Waals surface area contributed by atoms with E-state index in [2.05, 4.69) is 4.98 Å². The highest BCUT2D eigenvalue weighted by atomic mass is 19.1. The first-order chi connectivity index (χ1) is 13.7. The van der Waals surface area contributed by atoms with Crippen LogP contribution in [0.15, 0.2) is 72.9 Å². The van der Waals surface area contributed by atoms with Crippen LogP contribution in [0.5, 0.6) is 0 Å². The topological polar surface area (TPSA) is 42.4 Å². The molecule has 1 fully saturated rings. The molecule has 2 heterocycles. The molecule has 0 spiro atoms. The maximum Gasteiger partial charge on any atom is 0.254 e. The zero-order valence-corrected chi connectivity index (χ0v) is 15.4. The van der Waals surface area contributed by atoms with Gasteiger partial charge in [0.1, 0.15) is 11.9 Å². The van der Waals surface area contributed by atoms with Crippen LogP contribution in [0.4, 0.5) is 4.39 Å². The van der Waals surface area contributed by atoms with Crippen molar-refractivity contribution in [1.29, 1.82) is 0 Å². The van der Waals surface area contributed by atoms with E-state index < -0.39 is 0 Å². The van der Waals surface area contributed by atoms with E-state index in [0.717, 1.165) is 11.3 Å². The first-order valence-corrected chi connectivity index (χ1v) is 9.35. The zero-order valence-electron chi connectivity index (χ0n) is 15.4. The van der Waals surface area contributed by atoms with Crippen molar-refractivity contribution in [3.05, 3.63) is 101 Å². The molecule has 0 saturated carbocycles. The molecule has 0 bridgehead atoms. The molecule has 142 valence electrons. The minimum atomic E-state index is -0.260. The van der Waals surface area contributed by atoms with Crippen molar-refractivity contribution in [2.75, 3.05) is 19.7 Å². The Labute approximate surface area is 163 Å². The minimum absolute atomic E-state index is 0.00470. The summed E-state index contributed by atoms with van der Waals surface area (Å²) in [4.78, 5) is 19.0. The van der Waals surface area contributed by atoms with Gasteiger partial charge in [-0.25, -0.2) is 4.39 Å². The number of nitrogens with zero attached hydrogens (tertiary/aromatic N) is 2. The number of benzene rings is 2. The molecule has 1 aliphatic rings. The first-order valence-electron chi connectivity index (χ1n) is 9.35. The number of aromatic nitrogens is 1. The van der Waals surface area contributed by atoms with Gasteiger partial charge in [-0.1, -0.05) is 42.5 Å². The number of ether oxygens (including phenoxy) is 1. The Kier molecular flexibility index (Phi) is 5.44. The number of halogens is 1. The van der Waals surface area contributed by atoms with Gasteiger partial charge in [-0.05, 0) is 35.4 Å². The molecule has 0 radical (unpaired) electrons. The maximum absolute atomic E-state index is 13.8. The van der Waals surface area contributed by atoms with Crippen molar-refractivity contribution in [2.24, 2.45) is 0 Å². The van der Waals surface area contributed by atoms with E-state index in [9.17, 15) is 9.18 Å². The van der Waals surface area contributed by atoms with Gasteiger partial charge in [0.25, 0.3) is 5.91 Å². The molecule has 5 heteroatoms. The van der Waals surface area contributed by atoms with Gasteiger partial charge in [-0.15, -0.1) is 0 Å². The van der Waals surface area contributed by atoms with Gasteiger partial charge in [0.2, 0.25) is 0 Å². The van der Waals surface area contributed by atoms with Crippen molar-refractivity contribution in [3.8, 4) is 0 Å². The second-order valence-electron chi connectivity index (χ2n) is 6.84. The summed E-state index contributed by atoms with van der Waals surface area (Å²) in [5.41, 5.74) is 3.03. The zero-order chi connectivity index (χ0) is 19.3. The molecule has 0 unspecified atom stereocenters. The lowest BCUT2D eigenvalue weighted by molar-refractivity contribution is -0.0247. The third-order valence-electron chi connectivity index (χ3n) is 4.90.